The molecule has 0 unspecified atom stereocenters. The molecule has 0 bridgehead atoms. The van der Waals surface area contributed by atoms with Crippen molar-refractivity contribution in [3.8, 4) is 0 Å². The van der Waals surface area contributed by atoms with Gasteiger partial charge < -0.3 is 4.42 Å². The molecule has 0 aliphatic rings. The molecule has 0 aliphatic carbocycles. The van der Waals surface area contributed by atoms with E-state index in [-0.39, 0.29) is 5.41 Å². The van der Waals surface area contributed by atoms with Crippen LogP contribution in [0.2, 0.25) is 0 Å². The highest BCUT2D eigenvalue weighted by Gasteiger charge is 2.18. The third-order valence-corrected chi connectivity index (χ3v) is 2.72. The molecule has 2 heterocycles. The molecule has 2 heteroatoms. The number of hydrogen-bond donors (Lipinski definition) is 0. The van der Waals surface area contributed by atoms with Gasteiger partial charge in [0.05, 0.1) is 4.70 Å². The Balaban J connectivity index is 2.59. The van der Waals surface area contributed by atoms with Crippen LogP contribution >= 0.6 is 11.3 Å². The van der Waals surface area contributed by atoms with Gasteiger partial charge in [-0.1, -0.05) is 20.8 Å². The van der Waals surface area contributed by atoms with Crippen LogP contribution in [0.1, 0.15) is 26.5 Å². The highest BCUT2D eigenvalue weighted by Crippen LogP contribution is 2.31. The fourth-order valence-corrected chi connectivity index (χ4v) is 1.87. The summed E-state index contributed by atoms with van der Waals surface area (Å²) >= 11 is 1.73. The maximum Gasteiger partial charge on any atom is 0.145 e. The van der Waals surface area contributed by atoms with Crippen LogP contribution in [0.25, 0.3) is 10.3 Å². The molecule has 0 spiro atoms. The molecule has 0 aromatic carbocycles. The number of hydrogen-bond acceptors (Lipinski definition) is 2. The largest absolute Gasteiger partial charge is 0.460 e. The second-order valence-electron chi connectivity index (χ2n) is 4.01. The zero-order chi connectivity index (χ0) is 8.77. The van der Waals surface area contributed by atoms with Crippen molar-refractivity contribution >= 4 is 21.6 Å². The predicted molar refractivity (Wildman–Crippen MR) is 52.8 cm³/mol. The fraction of sp³-hybridized carbons (Fsp3) is 0.400. The van der Waals surface area contributed by atoms with Crippen molar-refractivity contribution < 1.29 is 4.42 Å². The summed E-state index contributed by atoms with van der Waals surface area (Å²) < 4.78 is 6.93. The van der Waals surface area contributed by atoms with Gasteiger partial charge in [0.1, 0.15) is 11.3 Å². The molecule has 12 heavy (non-hydrogen) atoms. The van der Waals surface area contributed by atoms with E-state index in [9.17, 15) is 0 Å². The van der Waals surface area contributed by atoms with Crippen LogP contribution in [-0.2, 0) is 5.41 Å². The Kier molecular flexibility index (Phi) is 1.55. The van der Waals surface area contributed by atoms with E-state index in [1.54, 1.807) is 11.3 Å². The number of thiophene rings is 1. The summed E-state index contributed by atoms with van der Waals surface area (Å²) in [5.74, 6) is 1.07. The van der Waals surface area contributed by atoms with Crippen LogP contribution in [0.4, 0.5) is 0 Å². The molecule has 64 valence electrons. The summed E-state index contributed by atoms with van der Waals surface area (Å²) in [5.41, 5.74) is 1.14. The van der Waals surface area contributed by atoms with Crippen molar-refractivity contribution in [2.45, 2.75) is 26.2 Å². The van der Waals surface area contributed by atoms with Crippen molar-refractivity contribution in [3.05, 3.63) is 23.3 Å². The van der Waals surface area contributed by atoms with Crippen LogP contribution in [-0.4, -0.2) is 0 Å². The Bertz CT molecular complexity index is 361. The first-order chi connectivity index (χ1) is 5.57. The van der Waals surface area contributed by atoms with E-state index in [4.69, 9.17) is 4.42 Å². The molecule has 0 aliphatic heterocycles. The van der Waals surface area contributed by atoms with E-state index in [1.807, 2.05) is 6.07 Å². The van der Waals surface area contributed by atoms with Crippen LogP contribution < -0.4 is 0 Å². The Morgan fingerprint density at radius 3 is 2.67 bits per heavy atom. The molecule has 1 nitrogen and oxygen atoms in total. The van der Waals surface area contributed by atoms with Gasteiger partial charge in [-0.05, 0) is 17.5 Å². The minimum Gasteiger partial charge on any atom is -0.460 e. The van der Waals surface area contributed by atoms with Crippen molar-refractivity contribution in [2.75, 3.05) is 0 Å². The quantitative estimate of drug-likeness (QED) is 0.601. The molecular formula is C10H12OS. The lowest BCUT2D eigenvalue weighted by Crippen LogP contribution is -2.08. The van der Waals surface area contributed by atoms with Crippen molar-refractivity contribution in [1.82, 2.24) is 0 Å². The van der Waals surface area contributed by atoms with Crippen molar-refractivity contribution in [3.63, 3.8) is 0 Å². The molecule has 2 aromatic rings. The Morgan fingerprint density at radius 2 is 2.08 bits per heavy atom. The molecule has 0 fully saturated rings. The topological polar surface area (TPSA) is 13.1 Å². The lowest BCUT2D eigenvalue weighted by atomic mass is 9.94. The minimum atomic E-state index is 0.124. The first-order valence-corrected chi connectivity index (χ1v) is 4.93. The highest BCUT2D eigenvalue weighted by molar-refractivity contribution is 7.17. The van der Waals surface area contributed by atoms with Gasteiger partial charge in [-0.25, -0.2) is 0 Å². The third-order valence-electron chi connectivity index (χ3n) is 1.88. The lowest BCUT2D eigenvalue weighted by Gasteiger charge is -2.13. The van der Waals surface area contributed by atoms with Crippen molar-refractivity contribution in [2.24, 2.45) is 0 Å². The smallest absolute Gasteiger partial charge is 0.145 e. The molecule has 0 saturated heterocycles. The second-order valence-corrected chi connectivity index (χ2v) is 4.96. The Morgan fingerprint density at radius 1 is 1.33 bits per heavy atom. The van der Waals surface area contributed by atoms with Gasteiger partial charge >= 0.3 is 0 Å². The highest BCUT2D eigenvalue weighted by atomic mass is 32.1. The lowest BCUT2D eigenvalue weighted by molar-refractivity contribution is 0.430. The van der Waals surface area contributed by atoms with E-state index in [0.717, 1.165) is 11.3 Å². The van der Waals surface area contributed by atoms with Gasteiger partial charge in [-0.2, -0.15) is 0 Å². The predicted octanol–water partition coefficient (Wildman–Crippen LogP) is 3.79. The van der Waals surface area contributed by atoms with Crippen LogP contribution in [0.5, 0.6) is 0 Å². The van der Waals surface area contributed by atoms with Gasteiger partial charge in [-0.3, -0.25) is 0 Å². The summed E-state index contributed by atoms with van der Waals surface area (Å²) in [6.45, 7) is 6.49. The number of furan rings is 1. The van der Waals surface area contributed by atoms with Crippen LogP contribution in [0.3, 0.4) is 0 Å². The monoisotopic (exact) mass is 180 g/mol. The van der Waals surface area contributed by atoms with Crippen LogP contribution in [0, 0.1) is 0 Å². The maximum atomic E-state index is 5.68. The Hall–Kier alpha value is -0.760. The average molecular weight is 180 g/mol. The minimum absolute atomic E-state index is 0.124. The van der Waals surface area contributed by atoms with Gasteiger partial charge in [0.25, 0.3) is 0 Å². The van der Waals surface area contributed by atoms with E-state index >= 15 is 0 Å². The summed E-state index contributed by atoms with van der Waals surface area (Å²) in [5, 5.41) is 2.06. The second kappa shape index (κ2) is 2.36. The number of fused-ring (bicyclic) bond motifs is 1. The molecule has 0 amide bonds. The van der Waals surface area contributed by atoms with Gasteiger partial charge in [0.15, 0.2) is 0 Å². The molecule has 0 atom stereocenters. The number of rotatable bonds is 0. The summed E-state index contributed by atoms with van der Waals surface area (Å²) in [4.78, 5) is 0. The maximum absolute atomic E-state index is 5.68. The van der Waals surface area contributed by atoms with Crippen LogP contribution in [0.15, 0.2) is 21.9 Å². The normalized spacial score (nSPS) is 12.6. The molecular weight excluding hydrogens is 168 g/mol. The zero-order valence-electron chi connectivity index (χ0n) is 7.55. The molecule has 2 aromatic heterocycles. The average Bonchev–Trinajstić information content (AvgIpc) is 2.37. The SMILES string of the molecule is CC(C)(C)c1cc2sccc2o1. The fourth-order valence-electron chi connectivity index (χ4n) is 1.14. The van der Waals surface area contributed by atoms with E-state index < -0.39 is 0 Å². The summed E-state index contributed by atoms with van der Waals surface area (Å²) in [6, 6.07) is 4.16. The molecule has 0 radical (unpaired) electrons. The molecule has 0 saturated carbocycles. The van der Waals surface area contributed by atoms with Gasteiger partial charge in [0, 0.05) is 5.41 Å². The standard InChI is InChI=1S/C10H12OS/c1-10(2,3)9-6-8-7(11-9)4-5-12-8/h4-6H,1-3H3. The first-order valence-electron chi connectivity index (χ1n) is 4.05. The Labute approximate surface area is 76.0 Å². The molecule has 2 rings (SSSR count). The first kappa shape index (κ1) is 7.87. The molecule has 0 N–H and O–H groups in total. The van der Waals surface area contributed by atoms with E-state index in [1.165, 1.54) is 4.70 Å². The zero-order valence-corrected chi connectivity index (χ0v) is 8.37. The van der Waals surface area contributed by atoms with E-state index in [0.29, 0.717) is 0 Å². The summed E-state index contributed by atoms with van der Waals surface area (Å²) in [6.07, 6.45) is 0. The van der Waals surface area contributed by atoms with Gasteiger partial charge in [-0.15, -0.1) is 11.3 Å². The summed E-state index contributed by atoms with van der Waals surface area (Å²) in [7, 11) is 0. The third kappa shape index (κ3) is 1.16. The van der Waals surface area contributed by atoms with E-state index in [2.05, 4.69) is 32.2 Å². The van der Waals surface area contributed by atoms with Crippen molar-refractivity contribution in [1.29, 1.82) is 0 Å². The van der Waals surface area contributed by atoms with Gasteiger partial charge in [0.2, 0.25) is 0 Å².